The lowest BCUT2D eigenvalue weighted by atomic mass is 10.6. The Labute approximate surface area is 44.7 Å². The zero-order chi connectivity index (χ0) is 5.70. The SMILES string of the molecule is C1CC1.CC(C)=O. The van der Waals surface area contributed by atoms with Gasteiger partial charge in [-0.15, -0.1) is 0 Å². The van der Waals surface area contributed by atoms with Gasteiger partial charge < -0.3 is 4.79 Å². The van der Waals surface area contributed by atoms with Gasteiger partial charge in [0, 0.05) is 0 Å². The van der Waals surface area contributed by atoms with Crippen molar-refractivity contribution < 1.29 is 4.79 Å². The number of ketones is 1. The molecule has 0 aliphatic heterocycles. The summed E-state index contributed by atoms with van der Waals surface area (Å²) in [6.45, 7) is 3.06. The molecule has 42 valence electrons. The van der Waals surface area contributed by atoms with Crippen molar-refractivity contribution in [3.63, 3.8) is 0 Å². The number of hydrogen-bond donors (Lipinski definition) is 0. The smallest absolute Gasteiger partial charge is 0.126 e. The van der Waals surface area contributed by atoms with Crippen molar-refractivity contribution in [2.75, 3.05) is 0 Å². The van der Waals surface area contributed by atoms with Crippen LogP contribution in [0.3, 0.4) is 0 Å². The summed E-state index contributed by atoms with van der Waals surface area (Å²) in [6.07, 6.45) is 4.50. The monoisotopic (exact) mass is 100 g/mol. The van der Waals surface area contributed by atoms with E-state index in [1.165, 1.54) is 33.1 Å². The topological polar surface area (TPSA) is 17.1 Å². The van der Waals surface area contributed by atoms with Gasteiger partial charge in [0.25, 0.3) is 0 Å². The first-order chi connectivity index (χ1) is 3.23. The van der Waals surface area contributed by atoms with Crippen molar-refractivity contribution in [3.05, 3.63) is 0 Å². The molecule has 0 unspecified atom stereocenters. The zero-order valence-corrected chi connectivity index (χ0v) is 5.03. The summed E-state index contributed by atoms with van der Waals surface area (Å²) in [7, 11) is 0. The fourth-order valence-corrected chi connectivity index (χ4v) is 0. The first-order valence-electron chi connectivity index (χ1n) is 2.70. The van der Waals surface area contributed by atoms with Crippen LogP contribution in [0.1, 0.15) is 33.1 Å². The molecule has 7 heavy (non-hydrogen) atoms. The summed E-state index contributed by atoms with van der Waals surface area (Å²) < 4.78 is 0. The Hall–Kier alpha value is -0.330. The molecule has 0 atom stereocenters. The van der Waals surface area contributed by atoms with E-state index in [4.69, 9.17) is 0 Å². The second-order valence-corrected chi connectivity index (χ2v) is 1.97. The maximum absolute atomic E-state index is 9.44. The van der Waals surface area contributed by atoms with Crippen LogP contribution < -0.4 is 0 Å². The minimum atomic E-state index is 0.167. The van der Waals surface area contributed by atoms with Crippen LogP contribution in [0.25, 0.3) is 0 Å². The van der Waals surface area contributed by atoms with Crippen LogP contribution in [0.4, 0.5) is 0 Å². The van der Waals surface area contributed by atoms with Gasteiger partial charge in [-0.05, 0) is 13.8 Å². The molecule has 1 heteroatoms. The lowest BCUT2D eigenvalue weighted by molar-refractivity contribution is -0.114. The zero-order valence-electron chi connectivity index (χ0n) is 5.03. The molecule has 0 N–H and O–H groups in total. The number of rotatable bonds is 0. The van der Waals surface area contributed by atoms with Crippen molar-refractivity contribution in [1.82, 2.24) is 0 Å². The van der Waals surface area contributed by atoms with E-state index in [-0.39, 0.29) is 5.78 Å². The van der Waals surface area contributed by atoms with Gasteiger partial charge in [-0.2, -0.15) is 0 Å². The molecule has 0 radical (unpaired) electrons. The normalized spacial score (nSPS) is 14.0. The highest BCUT2D eigenvalue weighted by Crippen LogP contribution is 2.14. The van der Waals surface area contributed by atoms with Crippen molar-refractivity contribution in [2.24, 2.45) is 0 Å². The molecule has 1 aliphatic carbocycles. The third-order valence-electron chi connectivity index (χ3n) is 0.354. The Morgan fingerprint density at radius 3 is 1.29 bits per heavy atom. The molecule has 1 nitrogen and oxygen atoms in total. The highest BCUT2D eigenvalue weighted by atomic mass is 16.1. The van der Waals surface area contributed by atoms with Crippen LogP contribution in [0.5, 0.6) is 0 Å². The van der Waals surface area contributed by atoms with Gasteiger partial charge in [0.15, 0.2) is 0 Å². The van der Waals surface area contributed by atoms with Crippen LogP contribution in [0, 0.1) is 0 Å². The maximum atomic E-state index is 9.44. The molecule has 1 fully saturated rings. The standard InChI is InChI=1S/C3H6O.C3H6/c1-3(2)4;1-2-3-1/h1-2H3;1-3H2. The van der Waals surface area contributed by atoms with Gasteiger partial charge in [0.05, 0.1) is 0 Å². The first kappa shape index (κ1) is 6.67. The molecule has 0 aromatic heterocycles. The Balaban J connectivity index is 0.000000105. The van der Waals surface area contributed by atoms with Crippen LogP contribution in [0.15, 0.2) is 0 Å². The van der Waals surface area contributed by atoms with Crippen LogP contribution in [-0.4, -0.2) is 5.78 Å². The number of carbonyl (C=O) groups is 1. The minimum absolute atomic E-state index is 0.167. The van der Waals surface area contributed by atoms with Gasteiger partial charge in [-0.3, -0.25) is 0 Å². The molecule has 0 aromatic rings. The van der Waals surface area contributed by atoms with Crippen molar-refractivity contribution in [1.29, 1.82) is 0 Å². The molecule has 0 aromatic carbocycles. The van der Waals surface area contributed by atoms with Gasteiger partial charge >= 0.3 is 0 Å². The van der Waals surface area contributed by atoms with E-state index in [0.717, 1.165) is 0 Å². The van der Waals surface area contributed by atoms with E-state index in [2.05, 4.69) is 0 Å². The minimum Gasteiger partial charge on any atom is -0.300 e. The van der Waals surface area contributed by atoms with Crippen LogP contribution >= 0.6 is 0 Å². The molecular formula is C6H12O. The number of Topliss-reactive ketones (excluding diaryl/α,β-unsaturated/α-hetero) is 1. The van der Waals surface area contributed by atoms with E-state index in [1.54, 1.807) is 0 Å². The number of carbonyl (C=O) groups excluding carboxylic acids is 1. The second kappa shape index (κ2) is 3.85. The second-order valence-electron chi connectivity index (χ2n) is 1.97. The largest absolute Gasteiger partial charge is 0.300 e. The number of hydrogen-bond acceptors (Lipinski definition) is 1. The quantitative estimate of drug-likeness (QED) is 0.453. The van der Waals surface area contributed by atoms with E-state index in [9.17, 15) is 4.79 Å². The van der Waals surface area contributed by atoms with Gasteiger partial charge in [-0.1, -0.05) is 19.3 Å². The third kappa shape index (κ3) is 170. The highest BCUT2D eigenvalue weighted by Gasteiger charge is 1.95. The lowest BCUT2D eigenvalue weighted by Crippen LogP contribution is -1.69. The fraction of sp³-hybridized carbons (Fsp3) is 0.833. The average Bonchev–Trinajstić information content (AvgIpc) is 2.02. The van der Waals surface area contributed by atoms with Crippen molar-refractivity contribution in [2.45, 2.75) is 33.1 Å². The predicted octanol–water partition coefficient (Wildman–Crippen LogP) is 1.77. The van der Waals surface area contributed by atoms with E-state index < -0.39 is 0 Å². The van der Waals surface area contributed by atoms with Crippen LogP contribution in [-0.2, 0) is 4.79 Å². The molecule has 0 spiro atoms. The summed E-state index contributed by atoms with van der Waals surface area (Å²) in [6, 6.07) is 0. The maximum Gasteiger partial charge on any atom is 0.126 e. The van der Waals surface area contributed by atoms with Crippen molar-refractivity contribution >= 4 is 5.78 Å². The molecule has 0 amide bonds. The molecule has 0 bridgehead atoms. The summed E-state index contributed by atoms with van der Waals surface area (Å²) in [5.41, 5.74) is 0. The predicted molar refractivity (Wildman–Crippen MR) is 30.2 cm³/mol. The Kier molecular flexibility index (Phi) is 3.67. The molecule has 1 saturated carbocycles. The molecule has 1 aliphatic rings. The van der Waals surface area contributed by atoms with E-state index in [1.807, 2.05) is 0 Å². The lowest BCUT2D eigenvalue weighted by Gasteiger charge is -1.56. The first-order valence-corrected chi connectivity index (χ1v) is 2.70. The summed E-state index contributed by atoms with van der Waals surface area (Å²) in [5, 5.41) is 0. The molecular weight excluding hydrogens is 88.1 g/mol. The highest BCUT2D eigenvalue weighted by molar-refractivity contribution is 5.72. The molecule has 0 saturated heterocycles. The Bertz CT molecular complexity index is 48.4. The molecule has 0 heterocycles. The van der Waals surface area contributed by atoms with E-state index in [0.29, 0.717) is 0 Å². The van der Waals surface area contributed by atoms with Crippen molar-refractivity contribution in [3.8, 4) is 0 Å². The molecule has 1 rings (SSSR count). The van der Waals surface area contributed by atoms with Gasteiger partial charge in [0.1, 0.15) is 5.78 Å². The van der Waals surface area contributed by atoms with Gasteiger partial charge in [0.2, 0.25) is 0 Å². The third-order valence-corrected chi connectivity index (χ3v) is 0.354. The Morgan fingerprint density at radius 1 is 1.14 bits per heavy atom. The summed E-state index contributed by atoms with van der Waals surface area (Å²) >= 11 is 0. The van der Waals surface area contributed by atoms with E-state index >= 15 is 0 Å². The van der Waals surface area contributed by atoms with Crippen LogP contribution in [0.2, 0.25) is 0 Å². The summed E-state index contributed by atoms with van der Waals surface area (Å²) in [4.78, 5) is 9.44. The fourth-order valence-electron chi connectivity index (χ4n) is 0. The summed E-state index contributed by atoms with van der Waals surface area (Å²) in [5.74, 6) is 0.167. The van der Waals surface area contributed by atoms with Gasteiger partial charge in [-0.25, -0.2) is 0 Å². The average molecular weight is 100 g/mol. The Morgan fingerprint density at radius 2 is 1.29 bits per heavy atom.